The topological polar surface area (TPSA) is 71.0 Å². The first kappa shape index (κ1) is 16.1. The number of carbonyl (C=O) groups is 1. The first-order valence-corrected chi connectivity index (χ1v) is 9.27. The Kier molecular flexibility index (Phi) is 3.53. The molecule has 0 atom stereocenters. The highest BCUT2D eigenvalue weighted by atomic mass is 16.2. The number of rotatable bonds is 2. The summed E-state index contributed by atoms with van der Waals surface area (Å²) in [6, 6.07) is 7.96. The summed E-state index contributed by atoms with van der Waals surface area (Å²) in [6.45, 7) is 2.77. The number of hydrogen-bond donors (Lipinski definition) is 1. The highest BCUT2D eigenvalue weighted by Crippen LogP contribution is 2.28. The van der Waals surface area contributed by atoms with Gasteiger partial charge in [-0.25, -0.2) is 0 Å². The van der Waals surface area contributed by atoms with Crippen LogP contribution >= 0.6 is 0 Å². The third-order valence-electron chi connectivity index (χ3n) is 5.70. The Morgan fingerprint density at radius 1 is 1.15 bits per heavy atom. The van der Waals surface area contributed by atoms with Gasteiger partial charge in [0.2, 0.25) is 0 Å². The molecule has 0 saturated carbocycles. The molecule has 0 saturated heterocycles. The second kappa shape index (κ2) is 5.94. The molecule has 1 aromatic carbocycles. The summed E-state index contributed by atoms with van der Waals surface area (Å²) >= 11 is 0. The van der Waals surface area contributed by atoms with Crippen molar-refractivity contribution in [3.63, 3.8) is 0 Å². The van der Waals surface area contributed by atoms with E-state index in [9.17, 15) is 9.59 Å². The van der Waals surface area contributed by atoms with Gasteiger partial charge < -0.3 is 4.90 Å². The third-order valence-corrected chi connectivity index (χ3v) is 5.70. The van der Waals surface area contributed by atoms with Crippen LogP contribution in [0.1, 0.15) is 44.7 Å². The van der Waals surface area contributed by atoms with E-state index in [1.807, 2.05) is 25.1 Å². The number of H-pyrrole nitrogens is 1. The lowest BCUT2D eigenvalue weighted by atomic mass is 10.1. The zero-order valence-electron chi connectivity index (χ0n) is 15.2. The molecule has 136 valence electrons. The zero-order valence-corrected chi connectivity index (χ0v) is 15.2. The number of amides is 1. The van der Waals surface area contributed by atoms with E-state index in [1.54, 1.807) is 21.9 Å². The Labute approximate surface area is 156 Å². The first-order valence-electron chi connectivity index (χ1n) is 9.27. The average Bonchev–Trinajstić information content (AvgIpc) is 3.37. The molecule has 3 heterocycles. The number of fused-ring (bicyclic) bond motifs is 2. The SMILES string of the molecule is Cc1ccn(-c2cccc3c2CCC3)c(=O)c1C(=O)N1Cc2cn[nH]c2C1. The Hall–Kier alpha value is -3.15. The Morgan fingerprint density at radius 2 is 2.04 bits per heavy atom. The fourth-order valence-electron chi connectivity index (χ4n) is 4.27. The minimum Gasteiger partial charge on any atom is -0.328 e. The predicted octanol–water partition coefficient (Wildman–Crippen LogP) is 2.51. The van der Waals surface area contributed by atoms with Gasteiger partial charge in [-0.3, -0.25) is 19.3 Å². The van der Waals surface area contributed by atoms with E-state index in [-0.39, 0.29) is 17.0 Å². The molecule has 0 bridgehead atoms. The van der Waals surface area contributed by atoms with Crippen LogP contribution in [0.4, 0.5) is 0 Å². The van der Waals surface area contributed by atoms with E-state index in [4.69, 9.17) is 0 Å². The van der Waals surface area contributed by atoms with Crippen molar-refractivity contribution in [1.82, 2.24) is 19.7 Å². The molecule has 2 aliphatic rings. The molecular weight excluding hydrogens is 340 g/mol. The van der Waals surface area contributed by atoms with Crippen molar-refractivity contribution in [3.8, 4) is 5.69 Å². The molecule has 2 aromatic heterocycles. The maximum atomic E-state index is 13.3. The smallest absolute Gasteiger partial charge is 0.268 e. The van der Waals surface area contributed by atoms with E-state index < -0.39 is 0 Å². The average molecular weight is 360 g/mol. The number of hydrogen-bond acceptors (Lipinski definition) is 3. The van der Waals surface area contributed by atoms with Gasteiger partial charge in [-0.05, 0) is 55.0 Å². The molecule has 1 aliphatic carbocycles. The van der Waals surface area contributed by atoms with Crippen LogP contribution in [0, 0.1) is 6.92 Å². The molecule has 0 spiro atoms. The third kappa shape index (κ3) is 2.44. The molecule has 0 radical (unpaired) electrons. The molecule has 1 N–H and O–H groups in total. The second-order valence-corrected chi connectivity index (χ2v) is 7.35. The maximum absolute atomic E-state index is 13.3. The number of nitrogens with zero attached hydrogens (tertiary/aromatic N) is 3. The molecule has 3 aromatic rings. The molecule has 1 amide bonds. The van der Waals surface area contributed by atoms with Crippen LogP contribution < -0.4 is 5.56 Å². The van der Waals surface area contributed by atoms with Crippen molar-refractivity contribution in [2.75, 3.05) is 0 Å². The summed E-state index contributed by atoms with van der Waals surface area (Å²) in [5.41, 5.74) is 6.11. The number of aromatic nitrogens is 3. The number of aromatic amines is 1. The molecule has 5 rings (SSSR count). The van der Waals surface area contributed by atoms with Crippen molar-refractivity contribution >= 4 is 5.91 Å². The van der Waals surface area contributed by atoms with Gasteiger partial charge in [-0.15, -0.1) is 0 Å². The van der Waals surface area contributed by atoms with E-state index in [0.717, 1.165) is 36.2 Å². The van der Waals surface area contributed by atoms with Crippen LogP contribution in [-0.2, 0) is 25.9 Å². The molecular formula is C21H20N4O2. The van der Waals surface area contributed by atoms with Gasteiger partial charge in [0.15, 0.2) is 0 Å². The molecule has 1 aliphatic heterocycles. The maximum Gasteiger partial charge on any atom is 0.268 e. The van der Waals surface area contributed by atoms with Gasteiger partial charge in [-0.2, -0.15) is 5.10 Å². The fourth-order valence-corrected chi connectivity index (χ4v) is 4.27. The highest BCUT2D eigenvalue weighted by molar-refractivity contribution is 5.95. The van der Waals surface area contributed by atoms with E-state index >= 15 is 0 Å². The molecule has 6 heteroatoms. The standard InChI is InChI=1S/C21H20N4O2/c1-13-8-9-25(18-7-3-5-14-4-2-6-16(14)18)21(27)19(13)20(26)24-11-15-10-22-23-17(15)12-24/h3,5,7-10H,2,4,6,11-12H2,1H3,(H,22,23). The Morgan fingerprint density at radius 3 is 2.89 bits per heavy atom. The van der Waals surface area contributed by atoms with Crippen LogP contribution in [0.25, 0.3) is 5.69 Å². The number of nitrogens with one attached hydrogen (secondary N) is 1. The minimum absolute atomic E-state index is 0.218. The second-order valence-electron chi connectivity index (χ2n) is 7.35. The molecule has 27 heavy (non-hydrogen) atoms. The lowest BCUT2D eigenvalue weighted by Gasteiger charge is -2.18. The van der Waals surface area contributed by atoms with Crippen LogP contribution in [0.2, 0.25) is 0 Å². The van der Waals surface area contributed by atoms with Gasteiger partial charge >= 0.3 is 0 Å². The summed E-state index contributed by atoms with van der Waals surface area (Å²) < 4.78 is 1.64. The number of pyridine rings is 1. The van der Waals surface area contributed by atoms with Gasteiger partial charge in [0.05, 0.1) is 24.1 Å². The van der Waals surface area contributed by atoms with Crippen molar-refractivity contribution in [1.29, 1.82) is 0 Å². The largest absolute Gasteiger partial charge is 0.328 e. The summed E-state index contributed by atoms with van der Waals surface area (Å²) in [7, 11) is 0. The normalized spacial score (nSPS) is 15.1. The van der Waals surface area contributed by atoms with E-state index in [2.05, 4.69) is 16.3 Å². The molecule has 0 unspecified atom stereocenters. The quantitative estimate of drug-likeness (QED) is 0.763. The van der Waals surface area contributed by atoms with Gasteiger partial charge in [0.25, 0.3) is 11.5 Å². The number of benzene rings is 1. The number of aryl methyl sites for hydroxylation is 2. The highest BCUT2D eigenvalue weighted by Gasteiger charge is 2.29. The molecule has 0 fully saturated rings. The first-order chi connectivity index (χ1) is 13.1. The van der Waals surface area contributed by atoms with Crippen LogP contribution in [0.15, 0.2) is 41.5 Å². The zero-order chi connectivity index (χ0) is 18.5. The van der Waals surface area contributed by atoms with Crippen molar-refractivity contribution in [2.24, 2.45) is 0 Å². The predicted molar refractivity (Wildman–Crippen MR) is 101 cm³/mol. The lowest BCUT2D eigenvalue weighted by Crippen LogP contribution is -2.34. The van der Waals surface area contributed by atoms with Gasteiger partial charge in [-0.1, -0.05) is 12.1 Å². The number of carbonyl (C=O) groups excluding carboxylic acids is 1. The summed E-state index contributed by atoms with van der Waals surface area (Å²) in [6.07, 6.45) is 6.67. The van der Waals surface area contributed by atoms with Crippen LogP contribution in [0.3, 0.4) is 0 Å². The Balaban J connectivity index is 1.58. The molecule has 6 nitrogen and oxygen atoms in total. The monoisotopic (exact) mass is 360 g/mol. The van der Waals surface area contributed by atoms with E-state index in [0.29, 0.717) is 18.7 Å². The van der Waals surface area contributed by atoms with Gasteiger partial charge in [0.1, 0.15) is 5.56 Å². The summed E-state index contributed by atoms with van der Waals surface area (Å²) in [5, 5.41) is 6.93. The summed E-state index contributed by atoms with van der Waals surface area (Å²) in [4.78, 5) is 28.1. The van der Waals surface area contributed by atoms with Crippen molar-refractivity contribution in [3.05, 3.63) is 80.5 Å². The van der Waals surface area contributed by atoms with Crippen LogP contribution in [0.5, 0.6) is 0 Å². The fraction of sp³-hybridized carbons (Fsp3) is 0.286. The minimum atomic E-state index is -0.242. The van der Waals surface area contributed by atoms with Gasteiger partial charge in [0, 0.05) is 18.3 Å². The lowest BCUT2D eigenvalue weighted by molar-refractivity contribution is 0.0746. The van der Waals surface area contributed by atoms with Crippen LogP contribution in [-0.4, -0.2) is 25.6 Å². The van der Waals surface area contributed by atoms with E-state index in [1.165, 1.54) is 11.1 Å². The van der Waals surface area contributed by atoms with Crippen molar-refractivity contribution in [2.45, 2.75) is 39.3 Å². The van der Waals surface area contributed by atoms with Crippen molar-refractivity contribution < 1.29 is 4.79 Å². The Bertz CT molecular complexity index is 1100. The summed E-state index contributed by atoms with van der Waals surface area (Å²) in [5.74, 6) is -0.218.